The van der Waals surface area contributed by atoms with Crippen molar-refractivity contribution in [2.45, 2.75) is 26.2 Å². The summed E-state index contributed by atoms with van der Waals surface area (Å²) in [5, 5.41) is 8.27. The van der Waals surface area contributed by atoms with Gasteiger partial charge in [0.15, 0.2) is 11.4 Å². The molecule has 0 N–H and O–H groups in total. The van der Waals surface area contributed by atoms with Gasteiger partial charge in [0.2, 0.25) is 0 Å². The Morgan fingerprint density at radius 2 is 2.04 bits per heavy atom. The lowest BCUT2D eigenvalue weighted by atomic mass is 10.3. The first kappa shape index (κ1) is 18.8. The van der Waals surface area contributed by atoms with Crippen LogP contribution in [-0.4, -0.2) is 37.4 Å². The summed E-state index contributed by atoms with van der Waals surface area (Å²) in [6.45, 7) is 2.54. The average molecular weight is 429 g/mol. The van der Waals surface area contributed by atoms with Gasteiger partial charge >= 0.3 is 6.18 Å². The van der Waals surface area contributed by atoms with Crippen LogP contribution in [0.4, 0.5) is 13.2 Å². The van der Waals surface area contributed by atoms with Gasteiger partial charge in [0.1, 0.15) is 5.69 Å². The Hall–Kier alpha value is -1.55. The highest BCUT2D eigenvalue weighted by atomic mass is 79.9. The third-order valence-corrected chi connectivity index (χ3v) is 4.37. The van der Waals surface area contributed by atoms with Crippen LogP contribution in [-0.2, 0) is 26.3 Å². The molecular formula is C13H14BrClF3N5O. The van der Waals surface area contributed by atoms with Gasteiger partial charge < -0.3 is 4.90 Å². The number of alkyl halides is 3. The van der Waals surface area contributed by atoms with Crippen molar-refractivity contribution in [3.05, 3.63) is 32.8 Å². The largest absolute Gasteiger partial charge is 0.434 e. The number of carbonyl (C=O) groups is 1. The zero-order chi connectivity index (χ0) is 18.2. The lowest BCUT2D eigenvalue weighted by molar-refractivity contribution is -0.144. The molecule has 0 spiro atoms. The minimum atomic E-state index is -4.62. The summed E-state index contributed by atoms with van der Waals surface area (Å²) in [7, 11) is 2.57. The lowest BCUT2D eigenvalue weighted by Crippen LogP contribution is -2.27. The third kappa shape index (κ3) is 3.59. The molecule has 2 aromatic heterocycles. The van der Waals surface area contributed by atoms with Gasteiger partial charge in [-0.1, -0.05) is 11.6 Å². The van der Waals surface area contributed by atoms with E-state index >= 15 is 0 Å². The van der Waals surface area contributed by atoms with Crippen molar-refractivity contribution in [1.29, 1.82) is 0 Å². The zero-order valence-electron chi connectivity index (χ0n) is 13.0. The van der Waals surface area contributed by atoms with Gasteiger partial charge in [0.05, 0.1) is 16.0 Å². The molecule has 132 valence electrons. The van der Waals surface area contributed by atoms with E-state index in [0.29, 0.717) is 21.9 Å². The van der Waals surface area contributed by atoms with Crippen LogP contribution in [0.15, 0.2) is 10.7 Å². The maximum Gasteiger partial charge on any atom is 0.434 e. The average Bonchev–Trinajstić information content (AvgIpc) is 2.97. The van der Waals surface area contributed by atoms with Crippen molar-refractivity contribution in [3.63, 3.8) is 0 Å². The second-order valence-electron chi connectivity index (χ2n) is 5.07. The molecule has 6 nitrogen and oxygen atoms in total. The predicted molar refractivity (Wildman–Crippen MR) is 84.6 cm³/mol. The molecule has 0 fully saturated rings. The summed E-state index contributed by atoms with van der Waals surface area (Å²) in [6.07, 6.45) is -3.01. The Kier molecular flexibility index (Phi) is 5.28. The van der Waals surface area contributed by atoms with Crippen LogP contribution in [0.2, 0.25) is 5.02 Å². The first-order valence-corrected chi connectivity index (χ1v) is 8.00. The number of halogens is 5. The summed E-state index contributed by atoms with van der Waals surface area (Å²) in [6, 6.07) is 0. The van der Waals surface area contributed by atoms with Crippen molar-refractivity contribution < 1.29 is 18.0 Å². The summed E-state index contributed by atoms with van der Waals surface area (Å²) in [5.74, 6) is -0.671. The van der Waals surface area contributed by atoms with Crippen molar-refractivity contribution >= 4 is 33.4 Å². The SMILES string of the molecule is CCn1cc(Cl)c(CN(C)C(=O)c2nn(C)c(C(F)(F)F)c2Br)n1. The lowest BCUT2D eigenvalue weighted by Gasteiger charge is -2.15. The van der Waals surface area contributed by atoms with Crippen molar-refractivity contribution in [3.8, 4) is 0 Å². The fraction of sp³-hybridized carbons (Fsp3) is 0.462. The standard InChI is InChI=1S/C13H14BrClF3N5O/c1-4-23-5-7(15)8(19-23)6-21(2)12(24)10-9(14)11(13(16,17)18)22(3)20-10/h5H,4,6H2,1-3H3. The summed E-state index contributed by atoms with van der Waals surface area (Å²) < 4.78 is 40.8. The van der Waals surface area contributed by atoms with E-state index in [1.165, 1.54) is 11.9 Å². The van der Waals surface area contributed by atoms with E-state index in [-0.39, 0.29) is 16.7 Å². The van der Waals surface area contributed by atoms with Crippen molar-refractivity contribution in [2.24, 2.45) is 7.05 Å². The van der Waals surface area contributed by atoms with Crippen LogP contribution in [0.5, 0.6) is 0 Å². The molecular weight excluding hydrogens is 415 g/mol. The van der Waals surface area contributed by atoms with E-state index in [0.717, 1.165) is 7.05 Å². The molecule has 2 heterocycles. The third-order valence-electron chi connectivity index (χ3n) is 3.31. The number of nitrogens with zero attached hydrogens (tertiary/aromatic N) is 5. The van der Waals surface area contributed by atoms with E-state index in [2.05, 4.69) is 26.1 Å². The Morgan fingerprint density at radius 1 is 1.42 bits per heavy atom. The van der Waals surface area contributed by atoms with Gasteiger partial charge in [-0.2, -0.15) is 23.4 Å². The van der Waals surface area contributed by atoms with Crippen LogP contribution in [0.25, 0.3) is 0 Å². The van der Waals surface area contributed by atoms with Crippen LogP contribution in [0.1, 0.15) is 28.8 Å². The van der Waals surface area contributed by atoms with Crippen LogP contribution in [0, 0.1) is 0 Å². The zero-order valence-corrected chi connectivity index (χ0v) is 15.4. The molecule has 0 aromatic carbocycles. The Labute approximate surface area is 149 Å². The van der Waals surface area contributed by atoms with Crippen LogP contribution < -0.4 is 0 Å². The maximum atomic E-state index is 13.0. The molecule has 0 unspecified atom stereocenters. The molecule has 24 heavy (non-hydrogen) atoms. The fourth-order valence-corrected chi connectivity index (χ4v) is 3.07. The first-order valence-electron chi connectivity index (χ1n) is 6.83. The highest BCUT2D eigenvalue weighted by molar-refractivity contribution is 9.10. The van der Waals surface area contributed by atoms with Crippen molar-refractivity contribution in [1.82, 2.24) is 24.5 Å². The molecule has 11 heteroatoms. The molecule has 2 aromatic rings. The Balaban J connectivity index is 2.27. The maximum absolute atomic E-state index is 13.0. The normalized spacial score (nSPS) is 11.8. The van der Waals surface area contributed by atoms with Gasteiger partial charge in [-0.3, -0.25) is 14.2 Å². The summed E-state index contributed by atoms with van der Waals surface area (Å²) in [4.78, 5) is 13.6. The molecule has 0 aliphatic heterocycles. The Bertz CT molecular complexity index is 770. The van der Waals surface area contributed by atoms with Gasteiger partial charge in [-0.15, -0.1) is 0 Å². The number of amides is 1. The minimum Gasteiger partial charge on any atom is -0.334 e. The molecule has 0 saturated heterocycles. The molecule has 0 aliphatic carbocycles. The van der Waals surface area contributed by atoms with E-state index in [9.17, 15) is 18.0 Å². The number of hydrogen-bond acceptors (Lipinski definition) is 3. The number of aryl methyl sites for hydroxylation is 2. The number of hydrogen-bond donors (Lipinski definition) is 0. The molecule has 1 amide bonds. The summed E-state index contributed by atoms with van der Waals surface area (Å²) in [5.41, 5.74) is -0.886. The molecule has 0 radical (unpaired) electrons. The van der Waals surface area contributed by atoms with Gasteiger partial charge in [-0.25, -0.2) is 0 Å². The number of aromatic nitrogens is 4. The van der Waals surface area contributed by atoms with Crippen LogP contribution in [0.3, 0.4) is 0 Å². The Morgan fingerprint density at radius 3 is 2.50 bits per heavy atom. The van der Waals surface area contributed by atoms with E-state index in [1.807, 2.05) is 6.92 Å². The number of rotatable bonds is 4. The second-order valence-corrected chi connectivity index (χ2v) is 6.27. The molecule has 0 saturated carbocycles. The second kappa shape index (κ2) is 6.75. The van der Waals surface area contributed by atoms with Crippen LogP contribution >= 0.6 is 27.5 Å². The quantitative estimate of drug-likeness (QED) is 0.750. The van der Waals surface area contributed by atoms with Gasteiger partial charge in [-0.05, 0) is 22.9 Å². The van der Waals surface area contributed by atoms with E-state index in [4.69, 9.17) is 11.6 Å². The van der Waals surface area contributed by atoms with E-state index < -0.39 is 17.8 Å². The minimum absolute atomic E-state index is 0.0506. The molecule has 0 aliphatic rings. The monoisotopic (exact) mass is 427 g/mol. The highest BCUT2D eigenvalue weighted by Crippen LogP contribution is 2.36. The van der Waals surface area contributed by atoms with Crippen molar-refractivity contribution in [2.75, 3.05) is 7.05 Å². The summed E-state index contributed by atoms with van der Waals surface area (Å²) >= 11 is 8.87. The fourth-order valence-electron chi connectivity index (χ4n) is 2.13. The van der Waals surface area contributed by atoms with Gasteiger partial charge in [0, 0.05) is 26.8 Å². The highest BCUT2D eigenvalue weighted by Gasteiger charge is 2.40. The molecule has 0 bridgehead atoms. The predicted octanol–water partition coefficient (Wildman–Crippen LogP) is 3.34. The van der Waals surface area contributed by atoms with Gasteiger partial charge in [0.25, 0.3) is 5.91 Å². The number of carbonyl (C=O) groups excluding carboxylic acids is 1. The smallest absolute Gasteiger partial charge is 0.334 e. The molecule has 0 atom stereocenters. The van der Waals surface area contributed by atoms with E-state index in [1.54, 1.807) is 10.9 Å². The topological polar surface area (TPSA) is 56.0 Å². The molecule has 2 rings (SSSR count). The first-order chi connectivity index (χ1) is 11.1.